The lowest BCUT2D eigenvalue weighted by atomic mass is 9.97. The largest absolute Gasteiger partial charge is 0.356 e. The average molecular weight is 399 g/mol. The van der Waals surface area contributed by atoms with Crippen molar-refractivity contribution in [1.82, 2.24) is 15.3 Å². The monoisotopic (exact) mass is 399 g/mol. The van der Waals surface area contributed by atoms with Gasteiger partial charge in [-0.25, -0.2) is 9.37 Å². The number of aromatic nitrogens is 2. The third-order valence-corrected chi connectivity index (χ3v) is 6.27. The number of nitrogens with one attached hydrogen (secondary N) is 2. The molecule has 0 saturated carbocycles. The van der Waals surface area contributed by atoms with Gasteiger partial charge in [0.25, 0.3) is 5.56 Å². The minimum Gasteiger partial charge on any atom is -0.356 e. The molecule has 2 N–H and O–H groups in total. The summed E-state index contributed by atoms with van der Waals surface area (Å²) in [5.74, 6) is 0.172. The van der Waals surface area contributed by atoms with E-state index >= 15 is 0 Å². The third kappa shape index (κ3) is 4.14. The molecule has 28 heavy (non-hydrogen) atoms. The lowest BCUT2D eigenvalue weighted by Crippen LogP contribution is -2.26. The minimum absolute atomic E-state index is 0.0917. The summed E-state index contributed by atoms with van der Waals surface area (Å²) in [7, 11) is 0. The highest BCUT2D eigenvalue weighted by molar-refractivity contribution is 7.18. The molecule has 0 aliphatic heterocycles. The number of aryl methyl sites for hydroxylation is 3. The van der Waals surface area contributed by atoms with Crippen LogP contribution in [0.5, 0.6) is 0 Å². The number of hydrogen-bond acceptors (Lipinski definition) is 4. The molecule has 0 spiro atoms. The molecule has 4 rings (SSSR count). The predicted octanol–water partition coefficient (Wildman–Crippen LogP) is 3.29. The van der Waals surface area contributed by atoms with Gasteiger partial charge in [0.05, 0.1) is 5.39 Å². The first-order valence-corrected chi connectivity index (χ1v) is 10.5. The highest BCUT2D eigenvalue weighted by Gasteiger charge is 2.19. The number of nitrogens with zero attached hydrogens (tertiary/aromatic N) is 1. The summed E-state index contributed by atoms with van der Waals surface area (Å²) in [4.78, 5) is 34.1. The molecule has 3 aromatic rings. The summed E-state index contributed by atoms with van der Waals surface area (Å²) >= 11 is 1.61. The van der Waals surface area contributed by atoms with Crippen LogP contribution in [0.1, 0.15) is 41.1 Å². The summed E-state index contributed by atoms with van der Waals surface area (Å²) < 4.78 is 13.2. The van der Waals surface area contributed by atoms with E-state index in [1.807, 2.05) is 6.07 Å². The van der Waals surface area contributed by atoms with E-state index in [0.717, 1.165) is 35.0 Å². The molecule has 146 valence electrons. The standard InChI is InChI=1S/C21H22FN3O2S/c22-14-5-3-4-13(12-14)10-11-23-18(26)9-8-17-24-20(27)19-15-6-1-2-7-16(15)28-21(19)25-17/h3-5,12H,1-2,6-11H2,(H,23,26)(H,24,25,27). The molecule has 0 saturated heterocycles. The Labute approximate surface area is 166 Å². The average Bonchev–Trinajstić information content (AvgIpc) is 3.05. The molecule has 0 fully saturated rings. The number of carbonyl (C=O) groups is 1. The third-order valence-electron chi connectivity index (χ3n) is 5.09. The maximum Gasteiger partial charge on any atom is 0.259 e. The Morgan fingerprint density at radius 2 is 2.11 bits per heavy atom. The molecule has 1 aromatic carbocycles. The van der Waals surface area contributed by atoms with E-state index in [-0.39, 0.29) is 23.7 Å². The van der Waals surface area contributed by atoms with Crippen LogP contribution in [0.2, 0.25) is 0 Å². The van der Waals surface area contributed by atoms with E-state index < -0.39 is 0 Å². The van der Waals surface area contributed by atoms with E-state index in [4.69, 9.17) is 0 Å². The number of rotatable bonds is 6. The first-order chi connectivity index (χ1) is 13.6. The van der Waals surface area contributed by atoms with Gasteiger partial charge >= 0.3 is 0 Å². The number of halogens is 1. The van der Waals surface area contributed by atoms with E-state index in [0.29, 0.717) is 25.2 Å². The maximum atomic E-state index is 13.2. The molecule has 0 atom stereocenters. The topological polar surface area (TPSA) is 74.8 Å². The second-order valence-electron chi connectivity index (χ2n) is 7.13. The van der Waals surface area contributed by atoms with Crippen molar-refractivity contribution in [3.05, 3.63) is 62.3 Å². The van der Waals surface area contributed by atoms with Gasteiger partial charge in [-0.05, 0) is 55.4 Å². The quantitative estimate of drug-likeness (QED) is 0.668. The molecule has 0 bridgehead atoms. The fourth-order valence-corrected chi connectivity index (χ4v) is 4.97. The van der Waals surface area contributed by atoms with Crippen molar-refractivity contribution >= 4 is 27.5 Å². The fraction of sp³-hybridized carbons (Fsp3) is 0.381. The Morgan fingerprint density at radius 1 is 1.25 bits per heavy atom. The van der Waals surface area contributed by atoms with Crippen LogP contribution < -0.4 is 10.9 Å². The number of carbonyl (C=O) groups excluding carboxylic acids is 1. The fourth-order valence-electron chi connectivity index (χ4n) is 3.69. The van der Waals surface area contributed by atoms with Crippen molar-refractivity contribution < 1.29 is 9.18 Å². The SMILES string of the molecule is O=C(CCc1nc2sc3c(c2c(=O)[nH]1)CCCC3)NCCc1cccc(F)c1. The Balaban J connectivity index is 1.34. The van der Waals surface area contributed by atoms with Gasteiger partial charge < -0.3 is 10.3 Å². The molecule has 2 aromatic heterocycles. The summed E-state index contributed by atoms with van der Waals surface area (Å²) in [5, 5.41) is 3.57. The Bertz CT molecular complexity index is 1070. The molecular formula is C21H22FN3O2S. The van der Waals surface area contributed by atoms with Crippen molar-refractivity contribution in [2.75, 3.05) is 6.54 Å². The molecule has 0 radical (unpaired) electrons. The second-order valence-corrected chi connectivity index (χ2v) is 8.22. The zero-order valence-electron chi connectivity index (χ0n) is 15.5. The maximum absolute atomic E-state index is 13.2. The van der Waals surface area contributed by atoms with Crippen molar-refractivity contribution in [2.24, 2.45) is 0 Å². The Morgan fingerprint density at radius 3 is 2.96 bits per heavy atom. The van der Waals surface area contributed by atoms with Crippen LogP contribution in [-0.2, 0) is 30.5 Å². The van der Waals surface area contributed by atoms with E-state index in [2.05, 4.69) is 15.3 Å². The first kappa shape index (κ1) is 18.8. The van der Waals surface area contributed by atoms with Crippen molar-refractivity contribution in [3.63, 3.8) is 0 Å². The van der Waals surface area contributed by atoms with Crippen LogP contribution >= 0.6 is 11.3 Å². The summed E-state index contributed by atoms with van der Waals surface area (Å²) in [6.45, 7) is 0.447. The zero-order valence-corrected chi connectivity index (χ0v) is 16.3. The van der Waals surface area contributed by atoms with Gasteiger partial charge in [-0.1, -0.05) is 12.1 Å². The summed E-state index contributed by atoms with van der Waals surface area (Å²) in [6.07, 6.45) is 5.48. The Kier molecular flexibility index (Phi) is 5.52. The van der Waals surface area contributed by atoms with Crippen LogP contribution in [0.4, 0.5) is 4.39 Å². The van der Waals surface area contributed by atoms with E-state index in [1.165, 1.54) is 29.0 Å². The van der Waals surface area contributed by atoms with Crippen molar-refractivity contribution in [2.45, 2.75) is 44.9 Å². The number of amides is 1. The summed E-state index contributed by atoms with van der Waals surface area (Å²) in [6, 6.07) is 6.36. The highest BCUT2D eigenvalue weighted by Crippen LogP contribution is 2.33. The van der Waals surface area contributed by atoms with Gasteiger partial charge in [-0.3, -0.25) is 9.59 Å². The smallest absolute Gasteiger partial charge is 0.259 e. The predicted molar refractivity (Wildman–Crippen MR) is 108 cm³/mol. The van der Waals surface area contributed by atoms with Gasteiger partial charge in [-0.15, -0.1) is 11.3 Å². The number of hydrogen-bond donors (Lipinski definition) is 2. The van der Waals surface area contributed by atoms with Crippen LogP contribution in [0.15, 0.2) is 29.1 Å². The van der Waals surface area contributed by atoms with E-state index in [9.17, 15) is 14.0 Å². The molecule has 7 heteroatoms. The van der Waals surface area contributed by atoms with Gasteiger partial charge in [0, 0.05) is 24.3 Å². The molecular weight excluding hydrogens is 377 g/mol. The van der Waals surface area contributed by atoms with E-state index in [1.54, 1.807) is 17.4 Å². The Hall–Kier alpha value is -2.54. The molecule has 0 unspecified atom stereocenters. The summed E-state index contributed by atoms with van der Waals surface area (Å²) in [5.41, 5.74) is 1.92. The molecule has 5 nitrogen and oxygen atoms in total. The van der Waals surface area contributed by atoms with Gasteiger partial charge in [-0.2, -0.15) is 0 Å². The normalized spacial score (nSPS) is 13.5. The number of benzene rings is 1. The zero-order chi connectivity index (χ0) is 19.5. The first-order valence-electron chi connectivity index (χ1n) is 9.65. The molecule has 2 heterocycles. The van der Waals surface area contributed by atoms with Crippen molar-refractivity contribution in [3.8, 4) is 0 Å². The highest BCUT2D eigenvalue weighted by atomic mass is 32.1. The van der Waals surface area contributed by atoms with Gasteiger partial charge in [0.15, 0.2) is 0 Å². The van der Waals surface area contributed by atoms with Gasteiger partial charge in [0.1, 0.15) is 16.5 Å². The van der Waals surface area contributed by atoms with Crippen LogP contribution in [-0.4, -0.2) is 22.4 Å². The van der Waals surface area contributed by atoms with Crippen LogP contribution in [0.3, 0.4) is 0 Å². The molecule has 1 amide bonds. The number of thiophene rings is 1. The lowest BCUT2D eigenvalue weighted by molar-refractivity contribution is -0.121. The second kappa shape index (κ2) is 8.22. The van der Waals surface area contributed by atoms with Gasteiger partial charge in [0.2, 0.25) is 5.91 Å². The van der Waals surface area contributed by atoms with Crippen molar-refractivity contribution in [1.29, 1.82) is 0 Å². The van der Waals surface area contributed by atoms with Crippen LogP contribution in [0, 0.1) is 5.82 Å². The molecule has 1 aliphatic carbocycles. The number of fused-ring (bicyclic) bond motifs is 3. The molecule has 1 aliphatic rings. The minimum atomic E-state index is -0.274. The number of aromatic amines is 1. The number of H-pyrrole nitrogens is 1. The lowest BCUT2D eigenvalue weighted by Gasteiger charge is -2.09. The van der Waals surface area contributed by atoms with Crippen LogP contribution in [0.25, 0.3) is 10.2 Å².